The Morgan fingerprint density at radius 1 is 1.11 bits per heavy atom. The highest BCUT2D eigenvalue weighted by Gasteiger charge is 2.65. The Bertz CT molecular complexity index is 1580. The van der Waals surface area contributed by atoms with Crippen molar-refractivity contribution in [2.24, 2.45) is 0 Å². The van der Waals surface area contributed by atoms with Crippen molar-refractivity contribution in [1.29, 1.82) is 0 Å². The van der Waals surface area contributed by atoms with Gasteiger partial charge >= 0.3 is 0 Å². The second kappa shape index (κ2) is 8.57. The number of fused-ring (bicyclic) bond motifs is 3. The van der Waals surface area contributed by atoms with Gasteiger partial charge in [0.2, 0.25) is 5.91 Å². The summed E-state index contributed by atoms with van der Waals surface area (Å²) in [5, 5.41) is 15.4. The average molecular weight is 531 g/mol. The number of nitrogens with zero attached hydrogens (tertiary/aromatic N) is 5. The second-order valence-electron chi connectivity index (χ2n) is 10.2. The summed E-state index contributed by atoms with van der Waals surface area (Å²) < 4.78 is 5.42. The highest BCUT2D eigenvalue weighted by molar-refractivity contribution is 6.35. The van der Waals surface area contributed by atoms with Crippen molar-refractivity contribution in [3.05, 3.63) is 58.9 Å². The summed E-state index contributed by atoms with van der Waals surface area (Å²) in [6.45, 7) is 3.63. The molecule has 1 spiro atoms. The van der Waals surface area contributed by atoms with Gasteiger partial charge in [-0.25, -0.2) is 9.97 Å². The largest absolute Gasteiger partial charge is 0.497 e. The van der Waals surface area contributed by atoms with Crippen molar-refractivity contribution in [3.63, 3.8) is 0 Å². The number of carbonyl (C=O) groups excluding carboxylic acids is 1. The number of hydrogen-bond donors (Lipinski definition) is 3. The number of hydrogen-bond acceptors (Lipinski definition) is 8. The maximum Gasteiger partial charge on any atom is 0.235 e. The third-order valence-corrected chi connectivity index (χ3v) is 8.47. The van der Waals surface area contributed by atoms with Crippen LogP contribution in [0, 0.1) is 0 Å². The van der Waals surface area contributed by atoms with Crippen LogP contribution >= 0.6 is 11.6 Å². The van der Waals surface area contributed by atoms with E-state index in [2.05, 4.69) is 59.8 Å². The van der Waals surface area contributed by atoms with Gasteiger partial charge in [0, 0.05) is 43.2 Å². The van der Waals surface area contributed by atoms with Gasteiger partial charge in [0.25, 0.3) is 0 Å². The lowest BCUT2D eigenvalue weighted by Gasteiger charge is -2.33. The molecule has 0 bridgehead atoms. The minimum absolute atomic E-state index is 0.0485. The van der Waals surface area contributed by atoms with Crippen LogP contribution < -0.4 is 20.3 Å². The lowest BCUT2D eigenvalue weighted by molar-refractivity contribution is -0.118. The third kappa shape index (κ3) is 3.51. The normalized spacial score (nSPS) is 22.6. The van der Waals surface area contributed by atoms with Crippen LogP contribution in [0.15, 0.2) is 42.7 Å². The van der Waals surface area contributed by atoms with Gasteiger partial charge in [-0.05, 0) is 54.9 Å². The van der Waals surface area contributed by atoms with Crippen LogP contribution in [0.2, 0.25) is 5.02 Å². The molecule has 2 aromatic carbocycles. The van der Waals surface area contributed by atoms with Crippen molar-refractivity contribution in [2.75, 3.05) is 55.9 Å². The lowest BCUT2D eigenvalue weighted by Crippen LogP contribution is -2.45. The minimum Gasteiger partial charge on any atom is -0.497 e. The Hall–Kier alpha value is -3.89. The summed E-state index contributed by atoms with van der Waals surface area (Å²) in [5.41, 5.74) is 3.29. The fraction of sp³-hybridized carbons (Fsp3) is 0.333. The second-order valence-corrected chi connectivity index (χ2v) is 10.6. The molecule has 1 aliphatic carbocycles. The molecular formula is C27H27ClN8O2. The van der Waals surface area contributed by atoms with Crippen molar-refractivity contribution in [1.82, 2.24) is 25.1 Å². The number of halogens is 1. The van der Waals surface area contributed by atoms with Crippen molar-refractivity contribution in [3.8, 4) is 5.75 Å². The Morgan fingerprint density at radius 2 is 1.95 bits per heavy atom. The van der Waals surface area contributed by atoms with E-state index in [4.69, 9.17) is 16.3 Å². The molecule has 0 radical (unpaired) electrons. The van der Waals surface area contributed by atoms with Crippen LogP contribution in [-0.4, -0.2) is 71.3 Å². The van der Waals surface area contributed by atoms with E-state index < -0.39 is 5.41 Å². The molecule has 3 aliphatic rings. The molecule has 7 rings (SSSR count). The highest BCUT2D eigenvalue weighted by Crippen LogP contribution is 2.65. The van der Waals surface area contributed by atoms with Gasteiger partial charge in [0.05, 0.1) is 18.0 Å². The molecule has 1 amide bonds. The SMILES string of the molecule is COc1ccc2c(c1)[C@]1(C[C@H]1c1ccc3c(Nc4ncnc(N5CCN(C)CC5)c4Cl)n[nH]c3c1)C(=O)N2. The molecule has 2 aliphatic heterocycles. The molecule has 4 aromatic rings. The first-order valence-electron chi connectivity index (χ1n) is 12.7. The molecule has 0 unspecified atom stereocenters. The number of rotatable bonds is 5. The topological polar surface area (TPSA) is 111 Å². The van der Waals surface area contributed by atoms with Crippen LogP contribution in [0.4, 0.5) is 23.1 Å². The van der Waals surface area contributed by atoms with Gasteiger partial charge in [-0.2, -0.15) is 5.10 Å². The summed E-state index contributed by atoms with van der Waals surface area (Å²) in [6, 6.07) is 11.9. The molecule has 1 saturated carbocycles. The summed E-state index contributed by atoms with van der Waals surface area (Å²) in [6.07, 6.45) is 2.29. The summed E-state index contributed by atoms with van der Waals surface area (Å²) in [4.78, 5) is 26.3. The van der Waals surface area contributed by atoms with E-state index >= 15 is 0 Å². The molecule has 38 heavy (non-hydrogen) atoms. The van der Waals surface area contributed by atoms with Gasteiger partial charge in [-0.15, -0.1) is 0 Å². The first-order valence-corrected chi connectivity index (χ1v) is 13.0. The Labute approximate surface area is 224 Å². The molecule has 2 fully saturated rings. The van der Waals surface area contributed by atoms with Crippen LogP contribution in [0.5, 0.6) is 5.75 Å². The van der Waals surface area contributed by atoms with Crippen LogP contribution in [0.1, 0.15) is 23.5 Å². The van der Waals surface area contributed by atoms with E-state index in [1.807, 2.05) is 24.3 Å². The number of aromatic nitrogens is 4. The van der Waals surface area contributed by atoms with E-state index in [-0.39, 0.29) is 11.8 Å². The Morgan fingerprint density at radius 3 is 2.76 bits per heavy atom. The van der Waals surface area contributed by atoms with Crippen molar-refractivity contribution < 1.29 is 9.53 Å². The van der Waals surface area contributed by atoms with E-state index in [0.717, 1.165) is 71.9 Å². The molecule has 3 N–H and O–H groups in total. The molecule has 4 heterocycles. The van der Waals surface area contributed by atoms with Crippen molar-refractivity contribution >= 4 is 51.6 Å². The van der Waals surface area contributed by atoms with Gasteiger partial charge < -0.3 is 25.2 Å². The number of anilines is 4. The lowest BCUT2D eigenvalue weighted by atomic mass is 9.91. The quantitative estimate of drug-likeness (QED) is 0.356. The van der Waals surface area contributed by atoms with E-state index in [0.29, 0.717) is 16.7 Å². The summed E-state index contributed by atoms with van der Waals surface area (Å²) in [5.74, 6) is 2.77. The van der Waals surface area contributed by atoms with Gasteiger partial charge in [-0.3, -0.25) is 9.89 Å². The first kappa shape index (κ1) is 23.2. The van der Waals surface area contributed by atoms with E-state index in [9.17, 15) is 4.79 Å². The van der Waals surface area contributed by atoms with Gasteiger partial charge in [-0.1, -0.05) is 17.7 Å². The molecule has 194 valence electrons. The Balaban J connectivity index is 1.15. The Kier molecular flexibility index (Phi) is 5.24. The van der Waals surface area contributed by atoms with E-state index in [1.165, 1.54) is 6.33 Å². The zero-order chi connectivity index (χ0) is 26.0. The minimum atomic E-state index is -0.549. The zero-order valence-corrected chi connectivity index (χ0v) is 21.8. The van der Waals surface area contributed by atoms with Gasteiger partial charge in [0.1, 0.15) is 17.1 Å². The van der Waals surface area contributed by atoms with Crippen molar-refractivity contribution in [2.45, 2.75) is 17.8 Å². The number of methoxy groups -OCH3 is 1. The monoisotopic (exact) mass is 530 g/mol. The number of aromatic amines is 1. The smallest absolute Gasteiger partial charge is 0.235 e. The zero-order valence-electron chi connectivity index (χ0n) is 21.1. The number of H-pyrrole nitrogens is 1. The van der Waals surface area contributed by atoms with Crippen LogP contribution in [0.25, 0.3) is 10.9 Å². The maximum atomic E-state index is 13.0. The fourth-order valence-corrected chi connectivity index (χ4v) is 6.11. The predicted octanol–water partition coefficient (Wildman–Crippen LogP) is 3.89. The molecular weight excluding hydrogens is 504 g/mol. The molecule has 10 nitrogen and oxygen atoms in total. The average Bonchev–Trinajstić information content (AvgIpc) is 3.48. The molecule has 2 atom stereocenters. The maximum absolute atomic E-state index is 13.0. The van der Waals surface area contributed by atoms with Gasteiger partial charge in [0.15, 0.2) is 17.5 Å². The number of carbonyl (C=O) groups is 1. The summed E-state index contributed by atoms with van der Waals surface area (Å²) in [7, 11) is 3.75. The van der Waals surface area contributed by atoms with E-state index in [1.54, 1.807) is 7.11 Å². The number of amides is 1. The number of piperazine rings is 1. The van der Waals surface area contributed by atoms with Crippen LogP contribution in [0.3, 0.4) is 0 Å². The number of benzene rings is 2. The summed E-state index contributed by atoms with van der Waals surface area (Å²) >= 11 is 6.74. The highest BCUT2D eigenvalue weighted by atomic mass is 35.5. The predicted molar refractivity (Wildman–Crippen MR) is 147 cm³/mol. The number of likely N-dealkylation sites (N-methyl/N-ethyl adjacent to an activating group) is 1. The molecule has 2 aromatic heterocycles. The molecule has 1 saturated heterocycles. The number of ether oxygens (including phenoxy) is 1. The number of nitrogens with one attached hydrogen (secondary N) is 3. The fourth-order valence-electron chi connectivity index (χ4n) is 5.85. The molecule has 11 heteroatoms. The van der Waals surface area contributed by atoms with Crippen LogP contribution in [-0.2, 0) is 10.2 Å². The first-order chi connectivity index (χ1) is 18.5. The third-order valence-electron chi connectivity index (χ3n) is 8.12. The standard InChI is InChI=1S/C27H27ClN8O2/c1-35-7-9-36(10-8-35)25-22(28)24(29-14-30-25)32-23-17-5-3-15(11-21(17)33-34-23)19-13-27(19)18-12-16(38-2)4-6-20(18)31-26(27)37/h3-6,11-12,14,19H,7-10,13H2,1-2H3,(H,31,37)(H2,29,30,32,33,34)/t19-,27-/m0/s1.